The number of piperidine rings is 1. The summed E-state index contributed by atoms with van der Waals surface area (Å²) in [5.74, 6) is 1.31. The number of ether oxygens (including phenoxy) is 2. The molecule has 166 valence electrons. The third-order valence-electron chi connectivity index (χ3n) is 5.98. The minimum Gasteiger partial charge on any atom is -0.496 e. The third kappa shape index (κ3) is 4.92. The molecule has 0 amide bonds. The molecule has 2 aliphatic rings. The van der Waals surface area contributed by atoms with Crippen LogP contribution in [0.1, 0.15) is 46.8 Å². The van der Waals surface area contributed by atoms with E-state index in [-0.39, 0.29) is 5.78 Å². The summed E-state index contributed by atoms with van der Waals surface area (Å²) in [6.45, 7) is 1.66. The van der Waals surface area contributed by atoms with Gasteiger partial charge in [-0.3, -0.25) is 4.79 Å². The second-order valence-electron chi connectivity index (χ2n) is 8.35. The first-order chi connectivity index (χ1) is 14.8. The highest BCUT2D eigenvalue weighted by Gasteiger charge is 2.41. The largest absolute Gasteiger partial charge is 0.496 e. The highest BCUT2D eigenvalue weighted by atomic mass is 32.2. The lowest BCUT2D eigenvalue weighted by Crippen LogP contribution is -2.49. The van der Waals surface area contributed by atoms with Crippen molar-refractivity contribution in [2.75, 3.05) is 26.5 Å². The fourth-order valence-corrected chi connectivity index (χ4v) is 5.22. The molecule has 1 atom stereocenters. The molecule has 2 aromatic carbocycles. The zero-order valence-corrected chi connectivity index (χ0v) is 18.6. The van der Waals surface area contributed by atoms with Gasteiger partial charge in [0.1, 0.15) is 17.1 Å². The average molecular weight is 445 g/mol. The zero-order chi connectivity index (χ0) is 22.1. The smallest absolute Gasteiger partial charge is 0.209 e. The highest BCUT2D eigenvalue weighted by molar-refractivity contribution is 7.88. The number of carbonyl (C=O) groups is 1. The van der Waals surface area contributed by atoms with Gasteiger partial charge in [-0.15, -0.1) is 0 Å². The Labute approximate surface area is 183 Å². The van der Waals surface area contributed by atoms with Gasteiger partial charge in [0.05, 0.1) is 31.4 Å². The van der Waals surface area contributed by atoms with Gasteiger partial charge < -0.3 is 14.8 Å². The predicted molar refractivity (Wildman–Crippen MR) is 118 cm³/mol. The first-order valence-corrected chi connectivity index (χ1v) is 12.3. The first kappa shape index (κ1) is 21.8. The van der Waals surface area contributed by atoms with Crippen LogP contribution >= 0.6 is 0 Å². The maximum absolute atomic E-state index is 12.8. The lowest BCUT2D eigenvalue weighted by atomic mass is 9.82. The van der Waals surface area contributed by atoms with Crippen LogP contribution in [0.3, 0.4) is 0 Å². The minimum atomic E-state index is -3.46. The number of fused-ring (bicyclic) bond motifs is 1. The first-order valence-electron chi connectivity index (χ1n) is 10.4. The number of para-hydroxylation sites is 1. The normalized spacial score (nSPS) is 18.8. The molecule has 1 spiro atoms. The van der Waals surface area contributed by atoms with E-state index in [1.54, 1.807) is 13.2 Å². The molecule has 2 N–H and O–H groups in total. The number of rotatable bonds is 6. The maximum Gasteiger partial charge on any atom is 0.209 e. The van der Waals surface area contributed by atoms with Crippen molar-refractivity contribution in [3.05, 3.63) is 59.2 Å². The number of carbonyl (C=O) groups excluding carboxylic acids is 1. The van der Waals surface area contributed by atoms with Crippen LogP contribution in [0.5, 0.6) is 11.5 Å². The van der Waals surface area contributed by atoms with Gasteiger partial charge in [0.15, 0.2) is 5.78 Å². The van der Waals surface area contributed by atoms with E-state index in [1.165, 1.54) is 0 Å². The molecule has 0 aliphatic carbocycles. The number of nitrogens with one attached hydrogen (secondary N) is 2. The van der Waals surface area contributed by atoms with Crippen LogP contribution in [0, 0.1) is 0 Å². The number of benzene rings is 2. The average Bonchev–Trinajstić information content (AvgIpc) is 2.72. The Bertz CT molecular complexity index is 1080. The summed E-state index contributed by atoms with van der Waals surface area (Å²) in [5.41, 5.74) is 1.78. The maximum atomic E-state index is 12.8. The van der Waals surface area contributed by atoms with Crippen molar-refractivity contribution in [3.63, 3.8) is 0 Å². The molecule has 0 aromatic heterocycles. The molecule has 1 unspecified atom stereocenters. The van der Waals surface area contributed by atoms with E-state index >= 15 is 0 Å². The van der Waals surface area contributed by atoms with Crippen LogP contribution in [-0.4, -0.2) is 46.3 Å². The Balaban J connectivity index is 1.65. The van der Waals surface area contributed by atoms with Crippen LogP contribution in [-0.2, 0) is 16.4 Å². The summed E-state index contributed by atoms with van der Waals surface area (Å²) in [6, 6.07) is 12.4. The van der Waals surface area contributed by atoms with E-state index in [2.05, 4.69) is 10.0 Å². The molecule has 2 aliphatic heterocycles. The van der Waals surface area contributed by atoms with E-state index in [4.69, 9.17) is 9.47 Å². The highest BCUT2D eigenvalue weighted by Crippen LogP contribution is 2.39. The number of sulfonamides is 1. The Morgan fingerprint density at radius 1 is 1.19 bits per heavy atom. The van der Waals surface area contributed by atoms with Gasteiger partial charge in [0, 0.05) is 18.4 Å². The van der Waals surface area contributed by atoms with Crippen molar-refractivity contribution < 1.29 is 22.7 Å². The fraction of sp³-hybridized carbons (Fsp3) is 0.435. The predicted octanol–water partition coefficient (Wildman–Crippen LogP) is 2.62. The topological polar surface area (TPSA) is 93.7 Å². The summed E-state index contributed by atoms with van der Waals surface area (Å²) < 4.78 is 38.7. The Hall–Kier alpha value is -2.42. The van der Waals surface area contributed by atoms with Gasteiger partial charge in [-0.05, 0) is 43.3 Å². The van der Waals surface area contributed by atoms with Gasteiger partial charge in [0.2, 0.25) is 10.0 Å². The Morgan fingerprint density at radius 3 is 2.65 bits per heavy atom. The van der Waals surface area contributed by atoms with E-state index in [1.807, 2.05) is 36.4 Å². The lowest BCUT2D eigenvalue weighted by Gasteiger charge is -2.41. The molecule has 1 fully saturated rings. The van der Waals surface area contributed by atoms with Crippen molar-refractivity contribution in [2.24, 2.45) is 0 Å². The Kier molecular flexibility index (Phi) is 6.05. The van der Waals surface area contributed by atoms with E-state index in [0.29, 0.717) is 29.9 Å². The van der Waals surface area contributed by atoms with Crippen molar-refractivity contribution in [2.45, 2.75) is 37.3 Å². The standard InChI is InChI=1S/C23H28N2O5S/c1-29-21-6-4-3-5-17(21)19(25-31(2,27)28)13-16-7-8-18-20(26)15-23(30-22(18)14-16)9-11-24-12-10-23/h3-8,14,19,24-25H,9-13,15H2,1-2H3. The van der Waals surface area contributed by atoms with Crippen molar-refractivity contribution in [3.8, 4) is 11.5 Å². The summed E-state index contributed by atoms with van der Waals surface area (Å²) in [7, 11) is -1.90. The van der Waals surface area contributed by atoms with Crippen molar-refractivity contribution in [1.82, 2.24) is 10.0 Å². The summed E-state index contributed by atoms with van der Waals surface area (Å²) >= 11 is 0. The SMILES string of the molecule is COc1ccccc1C(Cc1ccc2c(c1)OC1(CCNCC1)CC2=O)NS(C)(=O)=O. The number of Topliss-reactive ketones (excluding diaryl/α,β-unsaturated/α-hetero) is 1. The second kappa shape index (κ2) is 8.61. The lowest BCUT2D eigenvalue weighted by molar-refractivity contribution is 0.0187. The molecular weight excluding hydrogens is 416 g/mol. The van der Waals surface area contributed by atoms with Crippen LogP contribution in [0.2, 0.25) is 0 Å². The molecule has 4 rings (SSSR count). The van der Waals surface area contributed by atoms with E-state index < -0.39 is 21.7 Å². The minimum absolute atomic E-state index is 0.102. The molecule has 2 aromatic rings. The Morgan fingerprint density at radius 2 is 1.94 bits per heavy atom. The number of ketones is 1. The van der Waals surface area contributed by atoms with Gasteiger partial charge in [-0.2, -0.15) is 0 Å². The fourth-order valence-electron chi connectivity index (χ4n) is 4.49. The van der Waals surface area contributed by atoms with E-state index in [0.717, 1.165) is 43.3 Å². The second-order valence-corrected chi connectivity index (χ2v) is 10.1. The monoisotopic (exact) mass is 444 g/mol. The van der Waals surface area contributed by atoms with Crippen LogP contribution < -0.4 is 19.5 Å². The third-order valence-corrected chi connectivity index (χ3v) is 6.69. The molecule has 31 heavy (non-hydrogen) atoms. The van der Waals surface area contributed by atoms with Crippen LogP contribution in [0.4, 0.5) is 0 Å². The molecule has 0 bridgehead atoms. The molecule has 1 saturated heterocycles. The number of hydrogen-bond donors (Lipinski definition) is 2. The molecule has 2 heterocycles. The van der Waals surface area contributed by atoms with Gasteiger partial charge in [0.25, 0.3) is 0 Å². The molecule has 7 nitrogen and oxygen atoms in total. The summed E-state index contributed by atoms with van der Waals surface area (Å²) in [6.07, 6.45) is 3.53. The van der Waals surface area contributed by atoms with Gasteiger partial charge in [-0.1, -0.05) is 24.3 Å². The van der Waals surface area contributed by atoms with Crippen LogP contribution in [0.15, 0.2) is 42.5 Å². The summed E-state index contributed by atoms with van der Waals surface area (Å²) in [5, 5.41) is 3.31. The zero-order valence-electron chi connectivity index (χ0n) is 17.8. The van der Waals surface area contributed by atoms with Gasteiger partial charge in [-0.25, -0.2) is 13.1 Å². The van der Waals surface area contributed by atoms with Gasteiger partial charge >= 0.3 is 0 Å². The molecule has 8 heteroatoms. The van der Waals surface area contributed by atoms with E-state index in [9.17, 15) is 13.2 Å². The molecule has 0 radical (unpaired) electrons. The number of hydrogen-bond acceptors (Lipinski definition) is 6. The van der Waals surface area contributed by atoms with Crippen LogP contribution in [0.25, 0.3) is 0 Å². The van der Waals surface area contributed by atoms with Crippen molar-refractivity contribution in [1.29, 1.82) is 0 Å². The molecule has 0 saturated carbocycles. The number of methoxy groups -OCH3 is 1. The molecular formula is C23H28N2O5S. The van der Waals surface area contributed by atoms with Crippen molar-refractivity contribution >= 4 is 15.8 Å². The summed E-state index contributed by atoms with van der Waals surface area (Å²) in [4.78, 5) is 12.8. The quantitative estimate of drug-likeness (QED) is 0.711.